The molecule has 0 unspecified atom stereocenters. The maximum Gasteiger partial charge on any atom is 0.229 e. The zero-order valence-electron chi connectivity index (χ0n) is 19.6. The van der Waals surface area contributed by atoms with E-state index in [0.29, 0.717) is 41.7 Å². The number of nitrogens with zero attached hydrogens (tertiary/aromatic N) is 3. The van der Waals surface area contributed by atoms with Crippen LogP contribution in [0.15, 0.2) is 12.1 Å². The van der Waals surface area contributed by atoms with Gasteiger partial charge in [-0.1, -0.05) is 20.3 Å². The summed E-state index contributed by atoms with van der Waals surface area (Å²) in [5, 5.41) is 7.66. The van der Waals surface area contributed by atoms with Gasteiger partial charge in [0.05, 0.1) is 5.52 Å². The number of hydrogen-bond donors (Lipinski definition) is 2. The molecule has 176 valence electrons. The predicted octanol–water partition coefficient (Wildman–Crippen LogP) is 4.63. The molecule has 1 aliphatic carbocycles. The number of benzene rings is 1. The van der Waals surface area contributed by atoms with Crippen LogP contribution in [0.3, 0.4) is 0 Å². The average Bonchev–Trinajstić information content (AvgIpc) is 3.47. The van der Waals surface area contributed by atoms with Crippen molar-refractivity contribution in [3.63, 3.8) is 0 Å². The number of ether oxygens (including phenoxy) is 1. The molecule has 2 aliphatic rings. The van der Waals surface area contributed by atoms with Crippen molar-refractivity contribution >= 4 is 22.6 Å². The van der Waals surface area contributed by atoms with Crippen LogP contribution >= 0.6 is 0 Å². The first-order valence-corrected chi connectivity index (χ1v) is 12.1. The number of anilines is 1. The number of carbonyl (C=O) groups is 1. The number of H-pyrrole nitrogens is 2. The molecule has 2 N–H and O–H groups in total. The summed E-state index contributed by atoms with van der Waals surface area (Å²) in [6.07, 6.45) is 6.00. The summed E-state index contributed by atoms with van der Waals surface area (Å²) in [6, 6.07) is 3.19. The van der Waals surface area contributed by atoms with Crippen molar-refractivity contribution in [2.45, 2.75) is 52.4 Å². The van der Waals surface area contributed by atoms with Gasteiger partial charge in [-0.2, -0.15) is 5.10 Å². The first kappa shape index (κ1) is 22.1. The number of imidazole rings is 1. The van der Waals surface area contributed by atoms with Gasteiger partial charge in [0.15, 0.2) is 11.6 Å². The van der Waals surface area contributed by atoms with E-state index in [0.717, 1.165) is 49.9 Å². The Bertz CT molecular complexity index is 1160. The molecular weight excluding hydrogens is 421 g/mol. The first-order chi connectivity index (χ1) is 16.0. The van der Waals surface area contributed by atoms with Crippen molar-refractivity contribution in [2.75, 3.05) is 25.2 Å². The van der Waals surface area contributed by atoms with Gasteiger partial charge in [0.1, 0.15) is 11.2 Å². The lowest BCUT2D eigenvalue weighted by molar-refractivity contribution is -0.124. The van der Waals surface area contributed by atoms with Crippen LogP contribution in [0, 0.1) is 23.6 Å². The van der Waals surface area contributed by atoms with Gasteiger partial charge in [0.25, 0.3) is 0 Å². The molecule has 3 heterocycles. The number of aryl methyl sites for hydroxylation is 1. The van der Waals surface area contributed by atoms with Crippen LogP contribution in [0.1, 0.15) is 50.8 Å². The van der Waals surface area contributed by atoms with Gasteiger partial charge in [-0.25, -0.2) is 9.37 Å². The van der Waals surface area contributed by atoms with Gasteiger partial charge in [-0.3, -0.25) is 9.89 Å². The molecule has 1 aliphatic heterocycles. The maximum absolute atomic E-state index is 15.1. The summed E-state index contributed by atoms with van der Waals surface area (Å²) in [4.78, 5) is 22.5. The zero-order valence-corrected chi connectivity index (χ0v) is 19.6. The van der Waals surface area contributed by atoms with Crippen molar-refractivity contribution in [1.82, 2.24) is 20.2 Å². The fourth-order valence-electron chi connectivity index (χ4n) is 5.32. The second kappa shape index (κ2) is 8.89. The average molecular weight is 454 g/mol. The predicted molar refractivity (Wildman–Crippen MR) is 126 cm³/mol. The summed E-state index contributed by atoms with van der Waals surface area (Å²) in [5.41, 5.74) is 4.47. The highest BCUT2D eigenvalue weighted by molar-refractivity contribution is 5.96. The van der Waals surface area contributed by atoms with Gasteiger partial charge in [-0.05, 0) is 56.1 Å². The summed E-state index contributed by atoms with van der Waals surface area (Å²) < 4.78 is 20.5. The third-order valence-electron chi connectivity index (χ3n) is 7.66. The number of amides is 1. The standard InChI is InChI=1S/C25H32FN5O2/c1-4-15-5-6-20-18(11-15)22(30-29-20)24-27-21-13-17(12-19(26)23(21)28-24)31(3)25(32)14(2)16-7-9-33-10-8-16/h12-16H,4-11H2,1-3H3,(H,27,28)(H,29,30)/t14-,15+/m1/s1. The fraction of sp³-hybridized carbons (Fsp3) is 0.560. The van der Waals surface area contributed by atoms with Crippen molar-refractivity contribution in [3.8, 4) is 11.5 Å². The van der Waals surface area contributed by atoms with Crippen LogP contribution in [0.2, 0.25) is 0 Å². The lowest BCUT2D eigenvalue weighted by Crippen LogP contribution is -2.37. The minimum Gasteiger partial charge on any atom is -0.381 e. The number of aromatic nitrogens is 4. The number of fused-ring (bicyclic) bond motifs is 2. The molecule has 1 saturated heterocycles. The second-order valence-electron chi connectivity index (χ2n) is 9.59. The normalized spacial score (nSPS) is 20.1. The summed E-state index contributed by atoms with van der Waals surface area (Å²) in [6.45, 7) is 5.56. The smallest absolute Gasteiger partial charge is 0.229 e. The molecule has 2 atom stereocenters. The van der Waals surface area contributed by atoms with Crippen molar-refractivity contribution in [3.05, 3.63) is 29.2 Å². The Labute approximate surface area is 193 Å². The third-order valence-corrected chi connectivity index (χ3v) is 7.66. The van der Waals surface area contributed by atoms with E-state index in [2.05, 4.69) is 27.1 Å². The molecule has 7 nitrogen and oxygen atoms in total. The number of nitrogens with one attached hydrogen (secondary N) is 2. The van der Waals surface area contributed by atoms with Crippen molar-refractivity contribution in [1.29, 1.82) is 0 Å². The van der Waals surface area contributed by atoms with Crippen LogP contribution in [-0.4, -0.2) is 46.3 Å². The van der Waals surface area contributed by atoms with Crippen LogP contribution in [0.25, 0.3) is 22.6 Å². The molecular formula is C25H32FN5O2. The van der Waals surface area contributed by atoms with E-state index in [1.807, 2.05) is 6.92 Å². The molecule has 33 heavy (non-hydrogen) atoms. The minimum absolute atomic E-state index is 0.0108. The molecule has 0 saturated carbocycles. The van der Waals surface area contributed by atoms with E-state index in [4.69, 9.17) is 4.74 Å². The van der Waals surface area contributed by atoms with E-state index in [1.165, 1.54) is 11.6 Å². The topological polar surface area (TPSA) is 86.9 Å². The number of rotatable bonds is 5. The number of halogens is 1. The Balaban J connectivity index is 1.43. The van der Waals surface area contributed by atoms with Crippen LogP contribution < -0.4 is 4.90 Å². The van der Waals surface area contributed by atoms with Crippen LogP contribution in [-0.2, 0) is 22.4 Å². The Morgan fingerprint density at radius 2 is 2.09 bits per heavy atom. The quantitative estimate of drug-likeness (QED) is 0.590. The van der Waals surface area contributed by atoms with Gasteiger partial charge in [-0.15, -0.1) is 0 Å². The molecule has 1 fully saturated rings. The van der Waals surface area contributed by atoms with E-state index >= 15 is 4.39 Å². The Kier molecular flexibility index (Phi) is 5.95. The maximum atomic E-state index is 15.1. The molecule has 1 aromatic carbocycles. The molecule has 3 aromatic rings. The highest BCUT2D eigenvalue weighted by Crippen LogP contribution is 2.34. The summed E-state index contributed by atoms with van der Waals surface area (Å²) in [7, 11) is 1.71. The summed E-state index contributed by atoms with van der Waals surface area (Å²) in [5.74, 6) is 0.921. The Morgan fingerprint density at radius 1 is 1.30 bits per heavy atom. The summed E-state index contributed by atoms with van der Waals surface area (Å²) >= 11 is 0. The molecule has 0 radical (unpaired) electrons. The van der Waals surface area contributed by atoms with Gasteiger partial charge >= 0.3 is 0 Å². The fourth-order valence-corrected chi connectivity index (χ4v) is 5.32. The van der Waals surface area contributed by atoms with Gasteiger partial charge in [0, 0.05) is 43.1 Å². The van der Waals surface area contributed by atoms with Crippen LogP contribution in [0.5, 0.6) is 0 Å². The molecule has 2 aromatic heterocycles. The lowest BCUT2D eigenvalue weighted by Gasteiger charge is -2.30. The van der Waals surface area contributed by atoms with Gasteiger partial charge < -0.3 is 14.6 Å². The number of aromatic amines is 2. The molecule has 0 bridgehead atoms. The largest absolute Gasteiger partial charge is 0.381 e. The Morgan fingerprint density at radius 3 is 2.85 bits per heavy atom. The van der Waals surface area contributed by atoms with E-state index in [1.54, 1.807) is 18.0 Å². The highest BCUT2D eigenvalue weighted by Gasteiger charge is 2.29. The number of hydrogen-bond acceptors (Lipinski definition) is 4. The highest BCUT2D eigenvalue weighted by atomic mass is 19.1. The van der Waals surface area contributed by atoms with E-state index < -0.39 is 5.82 Å². The molecule has 1 amide bonds. The van der Waals surface area contributed by atoms with Crippen molar-refractivity contribution in [2.24, 2.45) is 17.8 Å². The first-order valence-electron chi connectivity index (χ1n) is 12.1. The molecule has 0 spiro atoms. The Hall–Kier alpha value is -2.74. The molecule has 5 rings (SSSR count). The lowest BCUT2D eigenvalue weighted by atomic mass is 9.85. The second-order valence-corrected chi connectivity index (χ2v) is 9.59. The SMILES string of the molecule is CC[C@H]1CCc2[nH]nc(-c3nc4cc(N(C)C(=O)[C@H](C)C5CCOCC5)cc(F)c4[nH]3)c2C1. The third kappa shape index (κ3) is 4.05. The molecule has 8 heteroatoms. The van der Waals surface area contributed by atoms with E-state index in [9.17, 15) is 4.79 Å². The van der Waals surface area contributed by atoms with Crippen molar-refractivity contribution < 1.29 is 13.9 Å². The zero-order chi connectivity index (χ0) is 23.1. The van der Waals surface area contributed by atoms with E-state index in [-0.39, 0.29) is 17.7 Å². The van der Waals surface area contributed by atoms with Gasteiger partial charge in [0.2, 0.25) is 5.91 Å². The monoisotopic (exact) mass is 453 g/mol. The van der Waals surface area contributed by atoms with Crippen LogP contribution in [0.4, 0.5) is 10.1 Å². The number of carbonyl (C=O) groups excluding carboxylic acids is 1. The minimum atomic E-state index is -0.421.